The number of carbonyl (C=O) groups excluding carboxylic acids is 1. The molecular weight excluding hydrogens is 451 g/mol. The molecule has 1 aliphatic heterocycles. The van der Waals surface area contributed by atoms with Crippen LogP contribution in [0.3, 0.4) is 0 Å². The Hall–Kier alpha value is -1.99. The zero-order chi connectivity index (χ0) is 21.3. The fraction of sp³-hybridized carbons (Fsp3) is 0.458. The molecule has 1 fully saturated rings. The van der Waals surface area contributed by atoms with E-state index in [9.17, 15) is 4.79 Å². The first-order valence-electron chi connectivity index (χ1n) is 10.5. The molecule has 6 nitrogen and oxygen atoms in total. The van der Waals surface area contributed by atoms with Gasteiger partial charge in [0.15, 0.2) is 17.3 Å². The monoisotopic (exact) mass is 484 g/mol. The number of ether oxygens (including phenoxy) is 3. The smallest absolute Gasteiger partial charge is 0.203 e. The molecule has 1 heterocycles. The number of ketones is 1. The summed E-state index contributed by atoms with van der Waals surface area (Å²) in [5.74, 6) is 1.60. The van der Waals surface area contributed by atoms with Gasteiger partial charge in [-0.05, 0) is 24.1 Å². The van der Waals surface area contributed by atoms with Gasteiger partial charge in [0.2, 0.25) is 5.75 Å². The third-order valence-corrected chi connectivity index (χ3v) is 5.67. The molecule has 3 rings (SSSR count). The Morgan fingerprint density at radius 3 is 1.84 bits per heavy atom. The molecule has 0 aromatic heterocycles. The van der Waals surface area contributed by atoms with Crippen LogP contribution in [0.2, 0.25) is 0 Å². The molecule has 1 aliphatic rings. The van der Waals surface area contributed by atoms with Crippen molar-refractivity contribution in [3.63, 3.8) is 0 Å². The molecule has 0 aliphatic carbocycles. The number of rotatable bonds is 10. The first-order valence-corrected chi connectivity index (χ1v) is 10.5. The molecule has 178 valence electrons. The van der Waals surface area contributed by atoms with E-state index in [2.05, 4.69) is 40.1 Å². The summed E-state index contributed by atoms with van der Waals surface area (Å²) in [7, 11) is 4.67. The average Bonchev–Trinajstić information content (AvgIpc) is 2.81. The van der Waals surface area contributed by atoms with E-state index in [4.69, 9.17) is 14.2 Å². The number of hydrogen-bond donors (Lipinski definition) is 0. The molecular formula is C24H34Cl2N2O4. The summed E-state index contributed by atoms with van der Waals surface area (Å²) < 4.78 is 16.0. The van der Waals surface area contributed by atoms with E-state index in [1.165, 1.54) is 5.56 Å². The van der Waals surface area contributed by atoms with Gasteiger partial charge in [-0.2, -0.15) is 0 Å². The van der Waals surface area contributed by atoms with Crippen LogP contribution in [0.15, 0.2) is 42.5 Å². The standard InChI is InChI=1S/C24H32N2O4.2ClH/c1-28-22-17-20(18-23(29-2)24(22)30-3)21(27)10-12-26-15-13-25(14-16-26)11-9-19-7-5-4-6-8-19;;/h4-8,17-18H,9-16H2,1-3H3;2*1H. The molecule has 0 bridgehead atoms. The van der Waals surface area contributed by atoms with Crippen LogP contribution in [0.25, 0.3) is 0 Å². The van der Waals surface area contributed by atoms with Crippen molar-refractivity contribution in [1.82, 2.24) is 9.80 Å². The van der Waals surface area contributed by atoms with Crippen LogP contribution >= 0.6 is 24.8 Å². The van der Waals surface area contributed by atoms with E-state index in [1.807, 2.05) is 0 Å². The van der Waals surface area contributed by atoms with Gasteiger partial charge in [0.05, 0.1) is 21.3 Å². The molecule has 0 spiro atoms. The quantitative estimate of drug-likeness (QED) is 0.475. The van der Waals surface area contributed by atoms with Gasteiger partial charge in [-0.15, -0.1) is 24.8 Å². The number of carbonyl (C=O) groups is 1. The number of halogens is 2. The highest BCUT2D eigenvalue weighted by Crippen LogP contribution is 2.38. The highest BCUT2D eigenvalue weighted by molar-refractivity contribution is 5.97. The first kappa shape index (κ1) is 28.0. The molecule has 0 N–H and O–H groups in total. The Balaban J connectivity index is 0.00000256. The van der Waals surface area contributed by atoms with Crippen molar-refractivity contribution in [1.29, 1.82) is 0 Å². The SMILES string of the molecule is COc1cc(C(=O)CCN2CCN(CCc3ccccc3)CC2)cc(OC)c1OC.Cl.Cl. The van der Waals surface area contributed by atoms with E-state index in [0.29, 0.717) is 29.2 Å². The van der Waals surface area contributed by atoms with Gasteiger partial charge < -0.3 is 24.0 Å². The predicted octanol–water partition coefficient (Wildman–Crippen LogP) is 3.99. The fourth-order valence-corrected chi connectivity index (χ4v) is 3.81. The minimum Gasteiger partial charge on any atom is -0.493 e. The van der Waals surface area contributed by atoms with Crippen LogP contribution in [0.4, 0.5) is 0 Å². The lowest BCUT2D eigenvalue weighted by molar-refractivity contribution is 0.0928. The molecule has 0 amide bonds. The van der Waals surface area contributed by atoms with Crippen molar-refractivity contribution in [2.24, 2.45) is 0 Å². The molecule has 0 saturated carbocycles. The van der Waals surface area contributed by atoms with Crippen molar-refractivity contribution in [3.8, 4) is 17.2 Å². The van der Waals surface area contributed by atoms with E-state index in [0.717, 1.165) is 45.7 Å². The highest BCUT2D eigenvalue weighted by atomic mass is 35.5. The van der Waals surface area contributed by atoms with Crippen molar-refractivity contribution >= 4 is 30.6 Å². The van der Waals surface area contributed by atoms with Crippen molar-refractivity contribution in [3.05, 3.63) is 53.6 Å². The van der Waals surface area contributed by atoms with Gasteiger partial charge in [-0.1, -0.05) is 30.3 Å². The van der Waals surface area contributed by atoms with Gasteiger partial charge in [0, 0.05) is 51.3 Å². The molecule has 0 radical (unpaired) electrons. The van der Waals surface area contributed by atoms with Crippen LogP contribution in [0, 0.1) is 0 Å². The predicted molar refractivity (Wildman–Crippen MR) is 133 cm³/mol. The summed E-state index contributed by atoms with van der Waals surface area (Å²) in [6.07, 6.45) is 1.56. The normalized spacial score (nSPS) is 14.1. The van der Waals surface area contributed by atoms with Gasteiger partial charge in [-0.3, -0.25) is 4.79 Å². The Morgan fingerprint density at radius 2 is 1.34 bits per heavy atom. The van der Waals surface area contributed by atoms with Gasteiger partial charge >= 0.3 is 0 Å². The largest absolute Gasteiger partial charge is 0.493 e. The maximum absolute atomic E-state index is 12.8. The van der Waals surface area contributed by atoms with Crippen LogP contribution in [0.5, 0.6) is 17.2 Å². The lowest BCUT2D eigenvalue weighted by Gasteiger charge is -2.34. The fourth-order valence-electron chi connectivity index (χ4n) is 3.81. The lowest BCUT2D eigenvalue weighted by Crippen LogP contribution is -2.47. The number of Topliss-reactive ketones (excluding diaryl/α,β-unsaturated/α-hetero) is 1. The third kappa shape index (κ3) is 7.55. The second-order valence-corrected chi connectivity index (χ2v) is 7.51. The molecule has 32 heavy (non-hydrogen) atoms. The topological polar surface area (TPSA) is 51.2 Å². The number of benzene rings is 2. The summed E-state index contributed by atoms with van der Waals surface area (Å²) in [6.45, 7) is 5.94. The minimum atomic E-state index is 0. The van der Waals surface area contributed by atoms with Gasteiger partial charge in [-0.25, -0.2) is 0 Å². The van der Waals surface area contributed by atoms with Crippen LogP contribution < -0.4 is 14.2 Å². The Bertz CT molecular complexity index is 803. The van der Waals surface area contributed by atoms with Crippen molar-refractivity contribution in [2.45, 2.75) is 12.8 Å². The van der Waals surface area contributed by atoms with E-state index < -0.39 is 0 Å². The zero-order valence-corrected chi connectivity index (χ0v) is 20.7. The summed E-state index contributed by atoms with van der Waals surface area (Å²) in [5.41, 5.74) is 1.97. The second kappa shape index (κ2) is 14.2. The molecule has 0 unspecified atom stereocenters. The molecule has 1 saturated heterocycles. The Labute approximate surface area is 203 Å². The van der Waals surface area contributed by atoms with Gasteiger partial charge in [0.1, 0.15) is 0 Å². The van der Waals surface area contributed by atoms with E-state index in [1.54, 1.807) is 33.5 Å². The summed E-state index contributed by atoms with van der Waals surface area (Å²) >= 11 is 0. The van der Waals surface area contributed by atoms with E-state index in [-0.39, 0.29) is 30.6 Å². The summed E-state index contributed by atoms with van der Waals surface area (Å²) in [5, 5.41) is 0. The number of nitrogens with zero attached hydrogens (tertiary/aromatic N) is 2. The van der Waals surface area contributed by atoms with E-state index >= 15 is 0 Å². The minimum absolute atomic E-state index is 0. The van der Waals surface area contributed by atoms with Crippen LogP contribution in [-0.2, 0) is 6.42 Å². The zero-order valence-electron chi connectivity index (χ0n) is 19.0. The third-order valence-electron chi connectivity index (χ3n) is 5.67. The maximum Gasteiger partial charge on any atom is 0.203 e. The second-order valence-electron chi connectivity index (χ2n) is 7.51. The highest BCUT2D eigenvalue weighted by Gasteiger charge is 2.20. The number of hydrogen-bond acceptors (Lipinski definition) is 6. The molecule has 2 aromatic carbocycles. The van der Waals surface area contributed by atoms with Crippen LogP contribution in [-0.4, -0.2) is 76.2 Å². The molecule has 0 atom stereocenters. The summed E-state index contributed by atoms with van der Waals surface area (Å²) in [6, 6.07) is 14.1. The van der Waals surface area contributed by atoms with Crippen LogP contribution in [0.1, 0.15) is 22.3 Å². The first-order chi connectivity index (χ1) is 14.6. The van der Waals surface area contributed by atoms with Crippen molar-refractivity contribution < 1.29 is 19.0 Å². The Morgan fingerprint density at radius 1 is 0.812 bits per heavy atom. The average molecular weight is 485 g/mol. The summed E-state index contributed by atoms with van der Waals surface area (Å²) in [4.78, 5) is 17.6. The Kier molecular flexibility index (Phi) is 12.5. The van der Waals surface area contributed by atoms with Crippen molar-refractivity contribution in [2.75, 3.05) is 60.6 Å². The number of piperazine rings is 1. The molecule has 8 heteroatoms. The number of methoxy groups -OCH3 is 3. The lowest BCUT2D eigenvalue weighted by atomic mass is 10.1. The van der Waals surface area contributed by atoms with Gasteiger partial charge in [0.25, 0.3) is 0 Å². The molecule has 2 aromatic rings. The maximum atomic E-state index is 12.8.